The number of aromatic nitrogens is 1. The van der Waals surface area contributed by atoms with Gasteiger partial charge in [-0.15, -0.1) is 0 Å². The van der Waals surface area contributed by atoms with Gasteiger partial charge in [-0.3, -0.25) is 4.79 Å². The second-order valence-electron chi connectivity index (χ2n) is 5.21. The Morgan fingerprint density at radius 1 is 1.05 bits per heavy atom. The minimum atomic E-state index is -0.302. The molecule has 0 radical (unpaired) electrons. The summed E-state index contributed by atoms with van der Waals surface area (Å²) in [4.78, 5) is 12.3. The predicted molar refractivity (Wildman–Crippen MR) is 85.8 cm³/mol. The van der Waals surface area contributed by atoms with Gasteiger partial charge in [0.2, 0.25) is 5.76 Å². The third kappa shape index (κ3) is 2.91. The summed E-state index contributed by atoms with van der Waals surface area (Å²) in [5.74, 6) is -0.108. The van der Waals surface area contributed by atoms with Gasteiger partial charge in [0.25, 0.3) is 5.91 Å². The van der Waals surface area contributed by atoms with Crippen molar-refractivity contribution in [2.75, 3.05) is 5.32 Å². The van der Waals surface area contributed by atoms with Crippen LogP contribution in [0.4, 0.5) is 5.69 Å². The van der Waals surface area contributed by atoms with Crippen molar-refractivity contribution in [3.63, 3.8) is 0 Å². The first-order chi connectivity index (χ1) is 10.6. The van der Waals surface area contributed by atoms with E-state index in [2.05, 4.69) is 10.5 Å². The molecule has 0 saturated carbocycles. The Kier molecular flexibility index (Phi) is 3.74. The van der Waals surface area contributed by atoms with Crippen LogP contribution in [0.25, 0.3) is 11.3 Å². The van der Waals surface area contributed by atoms with Crippen molar-refractivity contribution in [1.82, 2.24) is 5.16 Å². The zero-order chi connectivity index (χ0) is 15.5. The number of benzene rings is 2. The Morgan fingerprint density at radius 2 is 1.82 bits per heavy atom. The first kappa shape index (κ1) is 14.1. The maximum atomic E-state index is 12.3. The molecule has 0 atom stereocenters. The van der Waals surface area contributed by atoms with Crippen molar-refractivity contribution >= 4 is 11.6 Å². The fourth-order valence-corrected chi connectivity index (χ4v) is 2.18. The van der Waals surface area contributed by atoms with Gasteiger partial charge in [-0.05, 0) is 31.0 Å². The third-order valence-electron chi connectivity index (χ3n) is 3.44. The number of rotatable bonds is 3. The predicted octanol–water partition coefficient (Wildman–Crippen LogP) is 4.21. The second kappa shape index (κ2) is 5.85. The van der Waals surface area contributed by atoms with Crippen molar-refractivity contribution in [1.29, 1.82) is 0 Å². The molecule has 0 aliphatic rings. The molecule has 1 N–H and O–H groups in total. The minimum Gasteiger partial charge on any atom is -0.350 e. The van der Waals surface area contributed by atoms with Crippen LogP contribution in [0.1, 0.15) is 21.7 Å². The summed E-state index contributed by atoms with van der Waals surface area (Å²) >= 11 is 0. The van der Waals surface area contributed by atoms with E-state index in [-0.39, 0.29) is 11.7 Å². The zero-order valence-electron chi connectivity index (χ0n) is 12.5. The van der Waals surface area contributed by atoms with Crippen LogP contribution in [-0.4, -0.2) is 11.1 Å². The Morgan fingerprint density at radius 3 is 2.59 bits per heavy atom. The van der Waals surface area contributed by atoms with Gasteiger partial charge in [-0.2, -0.15) is 0 Å². The maximum absolute atomic E-state index is 12.3. The van der Waals surface area contributed by atoms with Gasteiger partial charge in [0.05, 0.1) is 0 Å². The minimum absolute atomic E-state index is 0.194. The lowest BCUT2D eigenvalue weighted by Gasteiger charge is -2.07. The summed E-state index contributed by atoms with van der Waals surface area (Å²) in [7, 11) is 0. The van der Waals surface area contributed by atoms with Gasteiger partial charge < -0.3 is 9.84 Å². The van der Waals surface area contributed by atoms with E-state index in [1.54, 1.807) is 6.07 Å². The van der Waals surface area contributed by atoms with Gasteiger partial charge in [-0.1, -0.05) is 47.6 Å². The van der Waals surface area contributed by atoms with E-state index in [1.165, 1.54) is 0 Å². The quantitative estimate of drug-likeness (QED) is 0.786. The number of nitrogens with zero attached hydrogens (tertiary/aromatic N) is 1. The van der Waals surface area contributed by atoms with E-state index in [4.69, 9.17) is 4.52 Å². The van der Waals surface area contributed by atoms with Gasteiger partial charge in [-0.25, -0.2) is 0 Å². The van der Waals surface area contributed by atoms with E-state index >= 15 is 0 Å². The highest BCUT2D eigenvalue weighted by molar-refractivity contribution is 6.03. The molecule has 0 bridgehead atoms. The van der Waals surface area contributed by atoms with Crippen LogP contribution < -0.4 is 5.32 Å². The lowest BCUT2D eigenvalue weighted by atomic mass is 10.1. The Bertz CT molecular complexity index is 807. The number of anilines is 1. The van der Waals surface area contributed by atoms with Crippen molar-refractivity contribution in [2.45, 2.75) is 13.8 Å². The van der Waals surface area contributed by atoms with Crippen molar-refractivity contribution < 1.29 is 9.32 Å². The van der Waals surface area contributed by atoms with Crippen LogP contribution in [0, 0.1) is 13.8 Å². The molecular weight excluding hydrogens is 276 g/mol. The summed E-state index contributed by atoms with van der Waals surface area (Å²) in [6, 6.07) is 17.2. The Hall–Kier alpha value is -2.88. The topological polar surface area (TPSA) is 55.1 Å². The molecule has 1 heterocycles. The first-order valence-electron chi connectivity index (χ1n) is 7.04. The smallest absolute Gasteiger partial charge is 0.294 e. The average molecular weight is 292 g/mol. The van der Waals surface area contributed by atoms with Crippen LogP contribution >= 0.6 is 0 Å². The number of hydrogen-bond donors (Lipinski definition) is 1. The molecular formula is C18H16N2O2. The van der Waals surface area contributed by atoms with E-state index in [0.29, 0.717) is 5.69 Å². The molecule has 4 nitrogen and oxygen atoms in total. The Labute approximate surface area is 128 Å². The summed E-state index contributed by atoms with van der Waals surface area (Å²) in [5.41, 5.74) is 4.43. The molecule has 0 fully saturated rings. The first-order valence-corrected chi connectivity index (χ1v) is 7.04. The summed E-state index contributed by atoms with van der Waals surface area (Å²) in [6.45, 7) is 3.93. The fraction of sp³-hybridized carbons (Fsp3) is 0.111. The SMILES string of the molecule is Cc1ccc(C)c(NC(=O)c2cc(-c3ccccc3)no2)c1. The molecule has 1 amide bonds. The van der Waals surface area contributed by atoms with Crippen LogP contribution in [-0.2, 0) is 0 Å². The number of aryl methyl sites for hydroxylation is 2. The molecule has 0 unspecified atom stereocenters. The van der Waals surface area contributed by atoms with Gasteiger partial charge in [0.15, 0.2) is 0 Å². The Balaban J connectivity index is 1.81. The molecule has 0 aliphatic heterocycles. The number of carbonyl (C=O) groups excluding carboxylic acids is 1. The normalized spacial score (nSPS) is 10.5. The van der Waals surface area contributed by atoms with Crippen LogP contribution in [0.2, 0.25) is 0 Å². The highest BCUT2D eigenvalue weighted by Crippen LogP contribution is 2.21. The van der Waals surface area contributed by atoms with Gasteiger partial charge in [0, 0.05) is 17.3 Å². The van der Waals surface area contributed by atoms with Crippen molar-refractivity contribution in [2.24, 2.45) is 0 Å². The lowest BCUT2D eigenvalue weighted by molar-refractivity contribution is 0.0988. The molecule has 0 aliphatic carbocycles. The van der Waals surface area contributed by atoms with Crippen LogP contribution in [0.15, 0.2) is 59.1 Å². The van der Waals surface area contributed by atoms with E-state index in [0.717, 1.165) is 22.4 Å². The van der Waals surface area contributed by atoms with Crippen LogP contribution in [0.3, 0.4) is 0 Å². The van der Waals surface area contributed by atoms with Crippen molar-refractivity contribution in [3.8, 4) is 11.3 Å². The number of amides is 1. The monoisotopic (exact) mass is 292 g/mol. The molecule has 110 valence electrons. The third-order valence-corrected chi connectivity index (χ3v) is 3.44. The maximum Gasteiger partial charge on any atom is 0.294 e. The van der Waals surface area contributed by atoms with Gasteiger partial charge >= 0.3 is 0 Å². The molecule has 0 spiro atoms. The molecule has 4 heteroatoms. The highest BCUT2D eigenvalue weighted by atomic mass is 16.5. The largest absolute Gasteiger partial charge is 0.350 e. The standard InChI is InChI=1S/C18H16N2O2/c1-12-8-9-13(2)15(10-12)19-18(21)17-11-16(20-22-17)14-6-4-3-5-7-14/h3-11H,1-2H3,(H,19,21). The molecule has 1 aromatic heterocycles. The lowest BCUT2D eigenvalue weighted by Crippen LogP contribution is -2.12. The van der Waals surface area contributed by atoms with E-state index in [1.807, 2.05) is 62.4 Å². The summed E-state index contributed by atoms with van der Waals surface area (Å²) in [6.07, 6.45) is 0. The molecule has 3 aromatic rings. The molecule has 0 saturated heterocycles. The zero-order valence-corrected chi connectivity index (χ0v) is 12.5. The summed E-state index contributed by atoms with van der Waals surface area (Å²) in [5, 5.41) is 6.81. The van der Waals surface area contributed by atoms with Gasteiger partial charge in [0.1, 0.15) is 5.69 Å². The van der Waals surface area contributed by atoms with Crippen molar-refractivity contribution in [3.05, 3.63) is 71.5 Å². The summed E-state index contributed by atoms with van der Waals surface area (Å²) < 4.78 is 5.16. The average Bonchev–Trinajstić information content (AvgIpc) is 3.02. The van der Waals surface area contributed by atoms with E-state index < -0.39 is 0 Å². The second-order valence-corrected chi connectivity index (χ2v) is 5.21. The fourth-order valence-electron chi connectivity index (χ4n) is 2.18. The molecule has 3 rings (SSSR count). The number of hydrogen-bond acceptors (Lipinski definition) is 3. The van der Waals surface area contributed by atoms with Crippen LogP contribution in [0.5, 0.6) is 0 Å². The number of carbonyl (C=O) groups is 1. The number of nitrogens with one attached hydrogen (secondary N) is 1. The molecule has 2 aromatic carbocycles. The molecule has 22 heavy (non-hydrogen) atoms. The highest BCUT2D eigenvalue weighted by Gasteiger charge is 2.15. The van der Waals surface area contributed by atoms with E-state index in [9.17, 15) is 4.79 Å².